The molecular formula is C19H32N4O6S. The van der Waals surface area contributed by atoms with Crippen LogP contribution in [0.1, 0.15) is 37.7 Å². The molecule has 1 saturated heterocycles. The van der Waals surface area contributed by atoms with Crippen LogP contribution in [-0.4, -0.2) is 88.6 Å². The molecule has 1 aromatic heterocycles. The van der Waals surface area contributed by atoms with Crippen molar-refractivity contribution in [3.8, 4) is 0 Å². The van der Waals surface area contributed by atoms with E-state index in [4.69, 9.17) is 9.15 Å². The maximum absolute atomic E-state index is 12.7. The molecule has 0 saturated carbocycles. The lowest BCUT2D eigenvalue weighted by Gasteiger charge is -2.33. The van der Waals surface area contributed by atoms with Crippen LogP contribution >= 0.6 is 0 Å². The molecule has 10 nitrogen and oxygen atoms in total. The summed E-state index contributed by atoms with van der Waals surface area (Å²) in [5.74, 6) is -0.442. The van der Waals surface area contributed by atoms with Crippen molar-refractivity contribution < 1.29 is 27.2 Å². The van der Waals surface area contributed by atoms with Crippen LogP contribution in [0.5, 0.6) is 0 Å². The van der Waals surface area contributed by atoms with Gasteiger partial charge in [-0.25, -0.2) is 13.1 Å². The van der Waals surface area contributed by atoms with Gasteiger partial charge in [-0.2, -0.15) is 0 Å². The molecule has 1 aliphatic rings. The second-order valence-electron chi connectivity index (χ2n) is 8.24. The summed E-state index contributed by atoms with van der Waals surface area (Å²) in [5.41, 5.74) is -0.664. The van der Waals surface area contributed by atoms with E-state index in [1.807, 2.05) is 4.90 Å². The molecule has 11 heteroatoms. The van der Waals surface area contributed by atoms with Crippen molar-refractivity contribution in [3.05, 3.63) is 17.9 Å². The molecule has 1 aromatic rings. The molecule has 0 aliphatic carbocycles. The van der Waals surface area contributed by atoms with Crippen LogP contribution in [0.15, 0.2) is 21.6 Å². The molecule has 30 heavy (non-hydrogen) atoms. The summed E-state index contributed by atoms with van der Waals surface area (Å²) >= 11 is 0. The van der Waals surface area contributed by atoms with Gasteiger partial charge in [0.1, 0.15) is 0 Å². The summed E-state index contributed by atoms with van der Waals surface area (Å²) in [6.45, 7) is 8.57. The molecule has 170 valence electrons. The van der Waals surface area contributed by atoms with Crippen molar-refractivity contribution in [1.29, 1.82) is 0 Å². The zero-order valence-electron chi connectivity index (χ0n) is 18.1. The fraction of sp³-hybridized carbons (Fsp3) is 0.684. The molecule has 0 spiro atoms. The highest BCUT2D eigenvalue weighted by Crippen LogP contribution is 2.18. The predicted molar refractivity (Wildman–Crippen MR) is 111 cm³/mol. The Hall–Kier alpha value is -1.95. The predicted octanol–water partition coefficient (Wildman–Crippen LogP) is 0.267. The average molecular weight is 445 g/mol. The highest BCUT2D eigenvalue weighted by atomic mass is 32.2. The number of hydrogen-bond acceptors (Lipinski definition) is 7. The number of furan rings is 1. The molecule has 2 rings (SSSR count). The Morgan fingerprint density at radius 1 is 1.17 bits per heavy atom. The highest BCUT2D eigenvalue weighted by Gasteiger charge is 2.29. The number of methoxy groups -OCH3 is 1. The first-order valence-corrected chi connectivity index (χ1v) is 11.4. The second kappa shape index (κ2) is 10.4. The number of nitrogens with zero attached hydrogens (tertiary/aromatic N) is 2. The van der Waals surface area contributed by atoms with Crippen LogP contribution in [0.25, 0.3) is 0 Å². The lowest BCUT2D eigenvalue weighted by atomic mass is 10.1. The number of ether oxygens (including phenoxy) is 1. The van der Waals surface area contributed by atoms with Crippen LogP contribution < -0.4 is 10.0 Å². The molecule has 0 bridgehead atoms. The SMILES string of the molecule is COCCCNC(=O)CN1CCN(C(=O)c2ccc(S(=O)(=O)NC(C)(C)C)o2)CC1. The topological polar surface area (TPSA) is 121 Å². The van der Waals surface area contributed by atoms with Crippen LogP contribution in [0, 0.1) is 0 Å². The number of rotatable bonds is 9. The zero-order valence-corrected chi connectivity index (χ0v) is 18.9. The van der Waals surface area contributed by atoms with Gasteiger partial charge < -0.3 is 19.4 Å². The standard InChI is InChI=1S/C19H32N4O6S/c1-19(2,3)21-30(26,27)17-7-6-15(29-17)18(25)23-11-9-22(10-12-23)14-16(24)20-8-5-13-28-4/h6-7,21H,5,8-14H2,1-4H3,(H,20,24). The van der Waals surface area contributed by atoms with Gasteiger partial charge in [-0.1, -0.05) is 0 Å². The molecule has 0 atom stereocenters. The Labute approximate surface area is 178 Å². The highest BCUT2D eigenvalue weighted by molar-refractivity contribution is 7.89. The number of sulfonamides is 1. The van der Waals surface area contributed by atoms with Crippen molar-refractivity contribution in [1.82, 2.24) is 19.8 Å². The average Bonchev–Trinajstić information content (AvgIpc) is 3.15. The van der Waals surface area contributed by atoms with E-state index in [1.165, 1.54) is 12.1 Å². The second-order valence-corrected chi connectivity index (χ2v) is 9.85. The summed E-state index contributed by atoms with van der Waals surface area (Å²) in [4.78, 5) is 28.2. The van der Waals surface area contributed by atoms with Crippen LogP contribution in [0.3, 0.4) is 0 Å². The third kappa shape index (κ3) is 7.38. The fourth-order valence-corrected chi connectivity index (χ4v) is 4.35. The van der Waals surface area contributed by atoms with Crippen LogP contribution in [0.4, 0.5) is 0 Å². The van der Waals surface area contributed by atoms with Gasteiger partial charge in [0.2, 0.25) is 11.0 Å². The number of amides is 2. The van der Waals surface area contributed by atoms with Gasteiger partial charge in [0.15, 0.2) is 5.76 Å². The van der Waals surface area contributed by atoms with E-state index in [2.05, 4.69) is 10.0 Å². The van der Waals surface area contributed by atoms with Gasteiger partial charge in [-0.05, 0) is 39.3 Å². The van der Waals surface area contributed by atoms with Crippen LogP contribution in [-0.2, 0) is 19.6 Å². The molecule has 0 radical (unpaired) electrons. The maximum atomic E-state index is 12.7. The maximum Gasteiger partial charge on any atom is 0.289 e. The van der Waals surface area contributed by atoms with Crippen LogP contribution in [0.2, 0.25) is 0 Å². The molecule has 1 fully saturated rings. The Bertz CT molecular complexity index is 822. The van der Waals surface area contributed by atoms with E-state index in [0.29, 0.717) is 39.3 Å². The summed E-state index contributed by atoms with van der Waals surface area (Å²) in [6, 6.07) is 2.66. The van der Waals surface area contributed by atoms with E-state index in [0.717, 1.165) is 6.42 Å². The van der Waals surface area contributed by atoms with E-state index < -0.39 is 15.6 Å². The minimum absolute atomic E-state index is 0.0198. The van der Waals surface area contributed by atoms with Gasteiger partial charge in [0.05, 0.1) is 6.54 Å². The third-order valence-corrected chi connectivity index (χ3v) is 6.00. The van der Waals surface area contributed by atoms with E-state index in [-0.39, 0.29) is 29.2 Å². The molecular weight excluding hydrogens is 412 g/mol. The quantitative estimate of drug-likeness (QED) is 0.524. The molecule has 0 aromatic carbocycles. The smallest absolute Gasteiger partial charge is 0.289 e. The molecule has 2 amide bonds. The lowest BCUT2D eigenvalue weighted by Crippen LogP contribution is -2.51. The van der Waals surface area contributed by atoms with Gasteiger partial charge >= 0.3 is 0 Å². The van der Waals surface area contributed by atoms with Gasteiger partial charge in [0, 0.05) is 52.0 Å². The lowest BCUT2D eigenvalue weighted by molar-refractivity contribution is -0.122. The molecule has 0 unspecified atom stereocenters. The minimum atomic E-state index is -3.84. The minimum Gasteiger partial charge on any atom is -0.438 e. The zero-order chi connectivity index (χ0) is 22.4. The third-order valence-electron chi connectivity index (χ3n) is 4.37. The Balaban J connectivity index is 1.85. The van der Waals surface area contributed by atoms with E-state index >= 15 is 0 Å². The normalized spacial score (nSPS) is 15.9. The number of hydrogen-bond donors (Lipinski definition) is 2. The van der Waals surface area contributed by atoms with Crippen molar-refractivity contribution in [2.75, 3.05) is 53.0 Å². The summed E-state index contributed by atoms with van der Waals surface area (Å²) in [5, 5.41) is 2.55. The fourth-order valence-electron chi connectivity index (χ4n) is 3.00. The van der Waals surface area contributed by atoms with Crippen molar-refractivity contribution in [3.63, 3.8) is 0 Å². The monoisotopic (exact) mass is 444 g/mol. The molecule has 2 heterocycles. The first kappa shape index (κ1) is 24.3. The summed E-state index contributed by atoms with van der Waals surface area (Å²) in [7, 11) is -2.22. The van der Waals surface area contributed by atoms with E-state index in [9.17, 15) is 18.0 Å². The van der Waals surface area contributed by atoms with Crippen molar-refractivity contribution in [2.24, 2.45) is 0 Å². The Kier molecular flexibility index (Phi) is 8.42. The van der Waals surface area contributed by atoms with E-state index in [1.54, 1.807) is 32.8 Å². The van der Waals surface area contributed by atoms with Gasteiger partial charge in [0.25, 0.3) is 15.9 Å². The number of piperazine rings is 1. The Morgan fingerprint density at radius 3 is 2.43 bits per heavy atom. The van der Waals surface area contributed by atoms with Crippen molar-refractivity contribution in [2.45, 2.75) is 37.8 Å². The van der Waals surface area contributed by atoms with Gasteiger partial charge in [-0.15, -0.1) is 0 Å². The first-order valence-electron chi connectivity index (χ1n) is 9.93. The molecule has 1 aliphatic heterocycles. The largest absolute Gasteiger partial charge is 0.438 e. The van der Waals surface area contributed by atoms with Gasteiger partial charge in [-0.3, -0.25) is 14.5 Å². The number of carbonyl (C=O) groups is 2. The van der Waals surface area contributed by atoms with Crippen molar-refractivity contribution >= 4 is 21.8 Å². The summed E-state index contributed by atoms with van der Waals surface area (Å²) < 4.78 is 37.4. The molecule has 2 N–H and O–H groups in total. The first-order chi connectivity index (χ1) is 14.0. The Morgan fingerprint density at radius 2 is 1.83 bits per heavy atom. The number of nitrogens with one attached hydrogen (secondary N) is 2. The number of carbonyl (C=O) groups excluding carboxylic acids is 2. The summed E-state index contributed by atoms with van der Waals surface area (Å²) in [6.07, 6.45) is 0.761.